The molecule has 0 atom stereocenters. The first-order valence-corrected chi connectivity index (χ1v) is 8.87. The first-order valence-electron chi connectivity index (χ1n) is 8.87. The number of primary amides is 1. The Labute approximate surface area is 156 Å². The van der Waals surface area contributed by atoms with Gasteiger partial charge in [0.15, 0.2) is 5.82 Å². The summed E-state index contributed by atoms with van der Waals surface area (Å²) in [5.74, 6) is 0.0246. The molecule has 1 amide bonds. The van der Waals surface area contributed by atoms with Crippen LogP contribution in [0.3, 0.4) is 0 Å². The van der Waals surface area contributed by atoms with Crippen LogP contribution < -0.4 is 11.5 Å². The third kappa shape index (κ3) is 3.31. The van der Waals surface area contributed by atoms with Crippen molar-refractivity contribution in [3.05, 3.63) is 60.2 Å². The summed E-state index contributed by atoms with van der Waals surface area (Å²) in [6.45, 7) is 0.819. The second-order valence-corrected chi connectivity index (χ2v) is 6.51. The Hall–Kier alpha value is -3.48. The van der Waals surface area contributed by atoms with E-state index >= 15 is 0 Å². The average molecular weight is 360 g/mol. The molecule has 7 nitrogen and oxygen atoms in total. The van der Waals surface area contributed by atoms with Gasteiger partial charge in [0.05, 0.1) is 17.4 Å². The molecule has 136 valence electrons. The predicted octanol–water partition coefficient (Wildman–Crippen LogP) is 2.68. The van der Waals surface area contributed by atoms with Crippen LogP contribution in [0.2, 0.25) is 0 Å². The van der Waals surface area contributed by atoms with E-state index in [2.05, 4.69) is 19.5 Å². The molecule has 3 aromatic heterocycles. The number of fused-ring (bicyclic) bond motifs is 3. The fourth-order valence-electron chi connectivity index (χ4n) is 3.33. The third-order valence-corrected chi connectivity index (χ3v) is 4.66. The highest BCUT2D eigenvalue weighted by Gasteiger charge is 2.11. The van der Waals surface area contributed by atoms with Crippen molar-refractivity contribution in [2.75, 3.05) is 5.73 Å². The van der Waals surface area contributed by atoms with Gasteiger partial charge in [-0.3, -0.25) is 9.78 Å². The van der Waals surface area contributed by atoms with Gasteiger partial charge in [0, 0.05) is 29.4 Å². The number of amides is 1. The molecule has 1 aromatic carbocycles. The number of pyridine rings is 2. The maximum Gasteiger partial charge on any atom is 0.248 e. The van der Waals surface area contributed by atoms with Crippen LogP contribution >= 0.6 is 0 Å². The van der Waals surface area contributed by atoms with E-state index in [-0.39, 0.29) is 0 Å². The highest BCUT2D eigenvalue weighted by Crippen LogP contribution is 2.27. The zero-order chi connectivity index (χ0) is 18.8. The number of nitrogens with two attached hydrogens (primary N) is 2. The maximum atomic E-state index is 11.3. The maximum absolute atomic E-state index is 11.3. The highest BCUT2D eigenvalue weighted by atomic mass is 16.1. The van der Waals surface area contributed by atoms with Crippen molar-refractivity contribution in [3.63, 3.8) is 0 Å². The summed E-state index contributed by atoms with van der Waals surface area (Å²) in [6.07, 6.45) is 6.12. The number of hydrogen-bond donors (Lipinski definition) is 2. The Morgan fingerprint density at radius 2 is 1.96 bits per heavy atom. The number of unbranched alkanes of at least 4 members (excludes halogenated alkanes) is 1. The van der Waals surface area contributed by atoms with Crippen molar-refractivity contribution in [2.45, 2.75) is 25.8 Å². The number of rotatable bonds is 6. The number of anilines is 1. The molecule has 0 fully saturated rings. The minimum Gasteiger partial charge on any atom is -0.382 e. The third-order valence-electron chi connectivity index (χ3n) is 4.66. The van der Waals surface area contributed by atoms with Crippen LogP contribution in [0.1, 0.15) is 28.9 Å². The zero-order valence-corrected chi connectivity index (χ0v) is 14.8. The molecule has 27 heavy (non-hydrogen) atoms. The van der Waals surface area contributed by atoms with Crippen molar-refractivity contribution in [2.24, 2.45) is 5.73 Å². The van der Waals surface area contributed by atoms with Crippen molar-refractivity contribution >= 4 is 33.7 Å². The van der Waals surface area contributed by atoms with Gasteiger partial charge in [0.25, 0.3) is 0 Å². The van der Waals surface area contributed by atoms with Gasteiger partial charge in [-0.1, -0.05) is 18.2 Å². The molecule has 4 rings (SSSR count). The van der Waals surface area contributed by atoms with Gasteiger partial charge in [-0.15, -0.1) is 0 Å². The van der Waals surface area contributed by atoms with Crippen LogP contribution in [0, 0.1) is 0 Å². The number of nitrogens with zero attached hydrogens (tertiary/aromatic N) is 4. The smallest absolute Gasteiger partial charge is 0.248 e. The van der Waals surface area contributed by atoms with E-state index in [0.717, 1.165) is 53.4 Å². The van der Waals surface area contributed by atoms with Gasteiger partial charge < -0.3 is 16.0 Å². The number of imidazole rings is 1. The average Bonchev–Trinajstić information content (AvgIpc) is 3.10. The second-order valence-electron chi connectivity index (χ2n) is 6.51. The molecule has 0 saturated heterocycles. The molecule has 0 aliphatic heterocycles. The lowest BCUT2D eigenvalue weighted by molar-refractivity contribution is 0.1000. The monoisotopic (exact) mass is 360 g/mol. The Morgan fingerprint density at radius 3 is 2.81 bits per heavy atom. The highest BCUT2D eigenvalue weighted by molar-refractivity contribution is 6.06. The summed E-state index contributed by atoms with van der Waals surface area (Å²) in [5, 5.41) is 1.05. The molecular formula is C20H20N6O. The quantitative estimate of drug-likeness (QED) is 0.513. The molecular weight excluding hydrogens is 340 g/mol. The van der Waals surface area contributed by atoms with Gasteiger partial charge in [-0.25, -0.2) is 9.97 Å². The molecule has 4 N–H and O–H groups in total. The van der Waals surface area contributed by atoms with Gasteiger partial charge in [-0.2, -0.15) is 0 Å². The summed E-state index contributed by atoms with van der Waals surface area (Å²) in [7, 11) is 0. The zero-order valence-electron chi connectivity index (χ0n) is 14.8. The second kappa shape index (κ2) is 7.03. The van der Waals surface area contributed by atoms with E-state index in [0.29, 0.717) is 11.4 Å². The minimum atomic E-state index is -0.429. The molecule has 7 heteroatoms. The summed E-state index contributed by atoms with van der Waals surface area (Å²) >= 11 is 0. The van der Waals surface area contributed by atoms with Crippen LogP contribution in [0.15, 0.2) is 48.9 Å². The number of nitrogen functional groups attached to an aromatic ring is 1. The van der Waals surface area contributed by atoms with Crippen LogP contribution in [-0.4, -0.2) is 25.4 Å². The Morgan fingerprint density at radius 1 is 1.11 bits per heavy atom. The molecule has 0 saturated carbocycles. The van der Waals surface area contributed by atoms with Crippen LogP contribution in [0.5, 0.6) is 0 Å². The first kappa shape index (κ1) is 17.0. The number of carbonyl (C=O) groups is 1. The molecule has 4 aromatic rings. The molecule has 0 spiro atoms. The largest absolute Gasteiger partial charge is 0.382 e. The summed E-state index contributed by atoms with van der Waals surface area (Å²) in [6, 6.07) is 11.3. The normalized spacial score (nSPS) is 11.3. The topological polar surface area (TPSA) is 113 Å². The Kier molecular flexibility index (Phi) is 4.42. The molecule has 0 aliphatic carbocycles. The molecule has 0 aliphatic rings. The van der Waals surface area contributed by atoms with E-state index < -0.39 is 5.91 Å². The molecule has 0 unspecified atom stereocenters. The van der Waals surface area contributed by atoms with Gasteiger partial charge in [0.1, 0.15) is 5.52 Å². The lowest BCUT2D eigenvalue weighted by atomic mass is 10.1. The SMILES string of the molecule is NC(=O)c1ccnc(CCCCn2cnc3c(N)nc4ccccc4c32)c1. The molecule has 0 radical (unpaired) electrons. The number of para-hydroxylation sites is 1. The van der Waals surface area contributed by atoms with Gasteiger partial charge in [0.2, 0.25) is 5.91 Å². The lowest BCUT2D eigenvalue weighted by Gasteiger charge is -2.08. The Balaban J connectivity index is 1.50. The summed E-state index contributed by atoms with van der Waals surface area (Å²) in [4.78, 5) is 24.5. The number of aromatic nitrogens is 4. The molecule has 0 bridgehead atoms. The Bertz CT molecular complexity index is 1130. The van der Waals surface area contributed by atoms with E-state index in [1.54, 1.807) is 18.3 Å². The fraction of sp³-hybridized carbons (Fsp3) is 0.200. The number of carbonyl (C=O) groups excluding carboxylic acids is 1. The van der Waals surface area contributed by atoms with Crippen molar-refractivity contribution in [1.29, 1.82) is 0 Å². The number of benzene rings is 1. The van der Waals surface area contributed by atoms with Gasteiger partial charge >= 0.3 is 0 Å². The van der Waals surface area contributed by atoms with Gasteiger partial charge in [-0.05, 0) is 37.5 Å². The summed E-state index contributed by atoms with van der Waals surface area (Å²) in [5.41, 5.74) is 15.4. The summed E-state index contributed by atoms with van der Waals surface area (Å²) < 4.78 is 2.13. The van der Waals surface area contributed by atoms with Crippen LogP contribution in [0.4, 0.5) is 5.82 Å². The number of aryl methyl sites for hydroxylation is 2. The first-order chi connectivity index (χ1) is 13.1. The minimum absolute atomic E-state index is 0.429. The van der Waals surface area contributed by atoms with E-state index in [1.165, 1.54) is 0 Å². The van der Waals surface area contributed by atoms with Crippen LogP contribution in [-0.2, 0) is 13.0 Å². The fourth-order valence-corrected chi connectivity index (χ4v) is 3.33. The van der Waals surface area contributed by atoms with Crippen molar-refractivity contribution in [1.82, 2.24) is 19.5 Å². The van der Waals surface area contributed by atoms with E-state index in [1.807, 2.05) is 30.6 Å². The standard InChI is InChI=1S/C20H20N6O/c21-19-17-18(15-6-1-2-7-16(15)25-19)26(12-24-17)10-4-3-5-14-11-13(20(22)27)8-9-23-14/h1-2,6-9,11-12H,3-5,10H2,(H2,21,25)(H2,22,27). The van der Waals surface area contributed by atoms with Crippen LogP contribution in [0.25, 0.3) is 21.9 Å². The predicted molar refractivity (Wildman–Crippen MR) is 105 cm³/mol. The van der Waals surface area contributed by atoms with E-state index in [9.17, 15) is 4.79 Å². The van der Waals surface area contributed by atoms with Crippen molar-refractivity contribution < 1.29 is 4.79 Å². The number of hydrogen-bond acceptors (Lipinski definition) is 5. The molecule has 3 heterocycles. The van der Waals surface area contributed by atoms with Crippen molar-refractivity contribution in [3.8, 4) is 0 Å². The van der Waals surface area contributed by atoms with E-state index in [4.69, 9.17) is 11.5 Å². The lowest BCUT2D eigenvalue weighted by Crippen LogP contribution is -2.11.